The third kappa shape index (κ3) is 3.92. The summed E-state index contributed by atoms with van der Waals surface area (Å²) < 4.78 is 26.9. The number of hydrogen-bond donors (Lipinski definition) is 3. The number of aliphatic hydroxyl groups excluding tert-OH is 1. The highest BCUT2D eigenvalue weighted by Crippen LogP contribution is 2.41. The molecule has 0 spiro atoms. The zero-order valence-electron chi connectivity index (χ0n) is 17.0. The number of nitrogens with zero attached hydrogens (tertiary/aromatic N) is 5. The van der Waals surface area contributed by atoms with Gasteiger partial charge < -0.3 is 15.7 Å². The first-order valence-electron chi connectivity index (χ1n) is 9.69. The highest BCUT2D eigenvalue weighted by molar-refractivity contribution is 5.76. The van der Waals surface area contributed by atoms with Crippen molar-refractivity contribution in [2.24, 2.45) is 0 Å². The van der Waals surface area contributed by atoms with E-state index >= 15 is 0 Å². The van der Waals surface area contributed by atoms with Gasteiger partial charge in [0.15, 0.2) is 0 Å². The second-order valence-corrected chi connectivity index (χ2v) is 7.77. The molecule has 4 rings (SSSR count). The van der Waals surface area contributed by atoms with E-state index in [0.29, 0.717) is 34.9 Å². The lowest BCUT2D eigenvalue weighted by Crippen LogP contribution is -2.28. The van der Waals surface area contributed by atoms with E-state index in [-0.39, 0.29) is 12.6 Å². The van der Waals surface area contributed by atoms with Crippen LogP contribution in [0.25, 0.3) is 11.3 Å². The van der Waals surface area contributed by atoms with Gasteiger partial charge in [0.25, 0.3) is 6.43 Å². The van der Waals surface area contributed by atoms with Gasteiger partial charge in [-0.05, 0) is 30.7 Å². The number of rotatable bonds is 6. The second kappa shape index (κ2) is 7.92. The van der Waals surface area contributed by atoms with Crippen LogP contribution in [-0.2, 0) is 12.0 Å². The molecule has 0 saturated carbocycles. The van der Waals surface area contributed by atoms with Crippen molar-refractivity contribution in [3.05, 3.63) is 47.3 Å². The lowest BCUT2D eigenvalue weighted by molar-refractivity contribution is 0.122. The molecule has 0 unspecified atom stereocenters. The first kappa shape index (κ1) is 20.7. The molecule has 10 heteroatoms. The number of hydrogen-bond acceptors (Lipinski definition) is 7. The highest BCUT2D eigenvalue weighted by atomic mass is 19.3. The second-order valence-electron chi connectivity index (χ2n) is 7.77. The molecule has 1 aliphatic rings. The molecule has 0 saturated heterocycles. The summed E-state index contributed by atoms with van der Waals surface area (Å²) in [6.45, 7) is 3.56. The zero-order valence-corrected chi connectivity index (χ0v) is 17.0. The fourth-order valence-corrected chi connectivity index (χ4v) is 3.67. The Kier molecular flexibility index (Phi) is 5.29. The lowest BCUT2D eigenvalue weighted by Gasteiger charge is -2.21. The van der Waals surface area contributed by atoms with Crippen molar-refractivity contribution in [1.29, 1.82) is 5.26 Å². The van der Waals surface area contributed by atoms with E-state index in [1.165, 1.54) is 4.68 Å². The summed E-state index contributed by atoms with van der Waals surface area (Å²) in [4.78, 5) is 8.68. The van der Waals surface area contributed by atoms with Gasteiger partial charge in [-0.25, -0.2) is 23.4 Å². The molecule has 0 fully saturated rings. The number of alkyl halides is 2. The Morgan fingerprint density at radius 1 is 1.39 bits per heavy atom. The topological polar surface area (TPSA) is 112 Å². The minimum atomic E-state index is -2.54. The van der Waals surface area contributed by atoms with Crippen molar-refractivity contribution in [2.45, 2.75) is 32.2 Å². The van der Waals surface area contributed by atoms with Crippen LogP contribution in [0.4, 0.5) is 26.2 Å². The third-order valence-corrected chi connectivity index (χ3v) is 5.32. The number of nitrogens with one attached hydrogen (secondary N) is 2. The first-order valence-corrected chi connectivity index (χ1v) is 9.69. The number of aryl methyl sites for hydroxylation is 1. The van der Waals surface area contributed by atoms with Crippen molar-refractivity contribution in [3.63, 3.8) is 0 Å². The summed E-state index contributed by atoms with van der Waals surface area (Å²) in [5, 5.41) is 29.7. The van der Waals surface area contributed by atoms with Crippen LogP contribution >= 0.6 is 0 Å². The molecular weight excluding hydrogens is 404 g/mol. The van der Waals surface area contributed by atoms with Gasteiger partial charge in [0.05, 0.1) is 29.2 Å². The van der Waals surface area contributed by atoms with E-state index in [0.717, 1.165) is 11.3 Å². The largest absolute Gasteiger partial charge is 0.395 e. The molecule has 0 aliphatic carbocycles. The fraction of sp³-hybridized carbons (Fsp3) is 0.333. The van der Waals surface area contributed by atoms with Gasteiger partial charge in [-0.2, -0.15) is 10.4 Å². The summed E-state index contributed by atoms with van der Waals surface area (Å²) in [5.74, 6) is 0.577. The van der Waals surface area contributed by atoms with Crippen LogP contribution < -0.4 is 10.6 Å². The number of halogens is 2. The zero-order chi connectivity index (χ0) is 22.2. The van der Waals surface area contributed by atoms with Crippen LogP contribution in [0.1, 0.15) is 23.7 Å². The Balaban J connectivity index is 1.70. The van der Waals surface area contributed by atoms with Gasteiger partial charge in [0.1, 0.15) is 18.4 Å². The fourth-order valence-electron chi connectivity index (χ4n) is 3.67. The number of fused-ring (bicyclic) bond motifs is 1. The molecule has 8 nitrogen and oxygen atoms in total. The molecule has 3 N–H and O–H groups in total. The van der Waals surface area contributed by atoms with Crippen molar-refractivity contribution >= 4 is 17.5 Å². The first-order chi connectivity index (χ1) is 14.8. The van der Waals surface area contributed by atoms with Crippen LogP contribution in [0.2, 0.25) is 0 Å². The van der Waals surface area contributed by atoms with Gasteiger partial charge in [0, 0.05) is 29.8 Å². The Morgan fingerprint density at radius 2 is 2.19 bits per heavy atom. The van der Waals surface area contributed by atoms with Crippen LogP contribution in [-0.4, -0.2) is 44.4 Å². The van der Waals surface area contributed by atoms with E-state index in [9.17, 15) is 19.1 Å². The van der Waals surface area contributed by atoms with E-state index in [4.69, 9.17) is 0 Å². The van der Waals surface area contributed by atoms with Crippen molar-refractivity contribution in [2.75, 3.05) is 23.8 Å². The molecule has 160 valence electrons. The molecule has 31 heavy (non-hydrogen) atoms. The summed E-state index contributed by atoms with van der Waals surface area (Å²) in [6, 6.07) is 9.17. The Hall–Kier alpha value is -3.58. The van der Waals surface area contributed by atoms with Gasteiger partial charge in [-0.15, -0.1) is 0 Å². The predicted molar refractivity (Wildman–Crippen MR) is 111 cm³/mol. The predicted octanol–water partition coefficient (Wildman–Crippen LogP) is 3.20. The summed E-state index contributed by atoms with van der Waals surface area (Å²) in [7, 11) is 0. The number of anilines is 3. The van der Waals surface area contributed by atoms with Crippen LogP contribution in [0, 0.1) is 18.3 Å². The van der Waals surface area contributed by atoms with E-state index < -0.39 is 18.4 Å². The minimum absolute atomic E-state index is 0.0641. The smallest absolute Gasteiger partial charge is 0.258 e. The average molecular weight is 425 g/mol. The molecule has 1 aromatic carbocycles. The van der Waals surface area contributed by atoms with Crippen LogP contribution in [0.3, 0.4) is 0 Å². The molecule has 0 amide bonds. The maximum atomic E-state index is 12.8. The maximum absolute atomic E-state index is 12.8. The number of nitriles is 1. The minimum Gasteiger partial charge on any atom is -0.395 e. The van der Waals surface area contributed by atoms with Gasteiger partial charge in [-0.1, -0.05) is 6.92 Å². The maximum Gasteiger partial charge on any atom is 0.258 e. The van der Waals surface area contributed by atoms with E-state index in [2.05, 4.69) is 31.8 Å². The Bertz CT molecular complexity index is 1170. The summed E-state index contributed by atoms with van der Waals surface area (Å²) in [6.07, 6.45) is -0.994. The third-order valence-electron chi connectivity index (χ3n) is 5.32. The molecular formula is C21H21F2N7O. The normalized spacial score (nSPS) is 17.3. The summed E-state index contributed by atoms with van der Waals surface area (Å²) >= 11 is 0. The molecule has 1 aliphatic heterocycles. The highest BCUT2D eigenvalue weighted by Gasteiger charge is 2.36. The monoisotopic (exact) mass is 425 g/mol. The quantitative estimate of drug-likeness (QED) is 0.556. The van der Waals surface area contributed by atoms with Crippen LogP contribution in [0.15, 0.2) is 30.5 Å². The average Bonchev–Trinajstić information content (AvgIpc) is 3.26. The van der Waals surface area contributed by atoms with Crippen molar-refractivity contribution in [3.8, 4) is 17.3 Å². The number of aliphatic hydroxyl groups is 1. The standard InChI is InChI=1S/C21H21F2N7O/c1-12-5-18(30(29-12)9-17(22)23)28-20-25-4-3-16(27-20)13-6-14(8-24)19-15(7-13)21(2,11-31)10-26-19/h3-7,17,26,31H,9-11H2,1-2H3,(H,25,27,28)/t21-/m1/s1. The van der Waals surface area contributed by atoms with Crippen molar-refractivity contribution < 1.29 is 13.9 Å². The molecule has 3 aromatic rings. The van der Waals surface area contributed by atoms with Crippen LogP contribution in [0.5, 0.6) is 0 Å². The van der Waals surface area contributed by atoms with E-state index in [1.807, 2.05) is 13.0 Å². The Labute approximate surface area is 177 Å². The molecule has 0 bridgehead atoms. The van der Waals surface area contributed by atoms with Gasteiger partial charge in [-0.3, -0.25) is 0 Å². The number of benzene rings is 1. The van der Waals surface area contributed by atoms with Gasteiger partial charge >= 0.3 is 0 Å². The SMILES string of the molecule is Cc1cc(Nc2nccc(-c3cc(C#N)c4c(c3)[C@@](C)(CO)CN4)n2)n(CC(F)F)n1. The molecule has 3 heterocycles. The lowest BCUT2D eigenvalue weighted by atomic mass is 9.83. The molecule has 0 radical (unpaired) electrons. The molecule has 2 aromatic heterocycles. The van der Waals surface area contributed by atoms with E-state index in [1.54, 1.807) is 31.3 Å². The summed E-state index contributed by atoms with van der Waals surface area (Å²) in [5.41, 5.74) is 3.37. The molecule has 1 atom stereocenters. The van der Waals surface area contributed by atoms with Gasteiger partial charge in [0.2, 0.25) is 5.95 Å². The Morgan fingerprint density at radius 3 is 2.90 bits per heavy atom. The number of aromatic nitrogens is 4. The van der Waals surface area contributed by atoms with Crippen molar-refractivity contribution in [1.82, 2.24) is 19.7 Å².